The molecule has 1 aromatic heterocycles. The number of benzene rings is 1. The van der Waals surface area contributed by atoms with Gasteiger partial charge in [0.25, 0.3) is 5.91 Å². The molecule has 3 N–H and O–H groups in total. The largest absolute Gasteiger partial charge is 0.508 e. The van der Waals surface area contributed by atoms with Crippen molar-refractivity contribution in [2.75, 3.05) is 18.4 Å². The third-order valence-electron chi connectivity index (χ3n) is 3.56. The first-order valence-electron chi connectivity index (χ1n) is 6.89. The van der Waals surface area contributed by atoms with Crippen LogP contribution in [-0.2, 0) is 0 Å². The summed E-state index contributed by atoms with van der Waals surface area (Å²) in [4.78, 5) is 16.4. The highest BCUT2D eigenvalue weighted by atomic mass is 16.3. The number of hydrogen-bond acceptors (Lipinski definition) is 5. The summed E-state index contributed by atoms with van der Waals surface area (Å²) in [5.41, 5.74) is 1.71. The number of nitrogens with zero attached hydrogens (tertiary/aromatic N) is 1. The summed E-state index contributed by atoms with van der Waals surface area (Å²) >= 11 is 0. The van der Waals surface area contributed by atoms with Crippen molar-refractivity contribution in [1.29, 1.82) is 0 Å². The minimum Gasteiger partial charge on any atom is -0.508 e. The topological polar surface area (TPSA) is 87.4 Å². The van der Waals surface area contributed by atoms with Gasteiger partial charge in [0.2, 0.25) is 0 Å². The highest BCUT2D eigenvalue weighted by Gasteiger charge is 2.27. The van der Waals surface area contributed by atoms with Gasteiger partial charge in [0.1, 0.15) is 11.5 Å². The number of aryl methyl sites for hydroxylation is 1. The molecule has 0 radical (unpaired) electrons. The normalized spacial score (nSPS) is 17.9. The van der Waals surface area contributed by atoms with Gasteiger partial charge >= 0.3 is 0 Å². The molecule has 1 atom stereocenters. The molecular formula is C15H17N3O3. The van der Waals surface area contributed by atoms with Crippen molar-refractivity contribution in [3.05, 3.63) is 41.6 Å². The lowest BCUT2D eigenvalue weighted by atomic mass is 10.0. The predicted octanol–water partition coefficient (Wildman–Crippen LogP) is 2.02. The van der Waals surface area contributed by atoms with Crippen LogP contribution in [0.2, 0.25) is 0 Å². The van der Waals surface area contributed by atoms with Crippen molar-refractivity contribution < 1.29 is 14.3 Å². The number of carbonyl (C=O) groups excluding carboxylic acids is 1. The van der Waals surface area contributed by atoms with E-state index in [0.717, 1.165) is 25.1 Å². The fraction of sp³-hybridized carbons (Fsp3) is 0.333. The maximum Gasteiger partial charge on any atom is 0.277 e. The van der Waals surface area contributed by atoms with E-state index in [0.29, 0.717) is 17.1 Å². The van der Waals surface area contributed by atoms with Crippen molar-refractivity contribution >= 4 is 11.6 Å². The second kappa shape index (κ2) is 5.57. The van der Waals surface area contributed by atoms with Crippen molar-refractivity contribution in [3.8, 4) is 5.75 Å². The Hall–Kier alpha value is -2.34. The first kappa shape index (κ1) is 13.6. The molecule has 6 nitrogen and oxygen atoms in total. The monoisotopic (exact) mass is 287 g/mol. The zero-order valence-corrected chi connectivity index (χ0v) is 11.7. The molecule has 0 bridgehead atoms. The average Bonchev–Trinajstić information content (AvgIpc) is 3.08. The Bertz CT molecular complexity index is 640. The van der Waals surface area contributed by atoms with E-state index in [1.54, 1.807) is 12.1 Å². The van der Waals surface area contributed by atoms with E-state index in [9.17, 15) is 9.90 Å². The van der Waals surface area contributed by atoms with E-state index in [-0.39, 0.29) is 17.6 Å². The Morgan fingerprint density at radius 2 is 2.33 bits per heavy atom. The van der Waals surface area contributed by atoms with Gasteiger partial charge in [0.05, 0.1) is 0 Å². The Labute approximate surface area is 122 Å². The summed E-state index contributed by atoms with van der Waals surface area (Å²) in [5, 5.41) is 15.6. The number of phenols is 1. The zero-order valence-electron chi connectivity index (χ0n) is 11.7. The zero-order chi connectivity index (χ0) is 14.8. The molecule has 0 aliphatic carbocycles. The highest BCUT2D eigenvalue weighted by molar-refractivity contribution is 6.03. The van der Waals surface area contributed by atoms with Gasteiger partial charge < -0.3 is 20.2 Å². The summed E-state index contributed by atoms with van der Waals surface area (Å²) in [5.74, 6) is 0.592. The van der Waals surface area contributed by atoms with Crippen LogP contribution in [0.5, 0.6) is 5.75 Å². The van der Waals surface area contributed by atoms with Gasteiger partial charge in [-0.25, -0.2) is 4.98 Å². The number of amides is 1. The molecule has 21 heavy (non-hydrogen) atoms. The lowest BCUT2D eigenvalue weighted by Gasteiger charge is -2.08. The van der Waals surface area contributed by atoms with E-state index >= 15 is 0 Å². The van der Waals surface area contributed by atoms with Gasteiger partial charge in [-0.2, -0.15) is 0 Å². The number of oxazole rings is 1. The van der Waals surface area contributed by atoms with Crippen molar-refractivity contribution in [3.63, 3.8) is 0 Å². The fourth-order valence-electron chi connectivity index (χ4n) is 2.62. The molecule has 1 amide bonds. The third kappa shape index (κ3) is 2.90. The van der Waals surface area contributed by atoms with Gasteiger partial charge in [-0.3, -0.25) is 4.79 Å². The molecule has 2 aromatic rings. The third-order valence-corrected chi connectivity index (χ3v) is 3.56. The Morgan fingerprint density at radius 1 is 1.48 bits per heavy atom. The Balaban J connectivity index is 1.81. The van der Waals surface area contributed by atoms with Crippen molar-refractivity contribution in [1.82, 2.24) is 10.3 Å². The van der Waals surface area contributed by atoms with Crippen molar-refractivity contribution in [2.45, 2.75) is 19.3 Å². The molecule has 2 heterocycles. The molecule has 0 spiro atoms. The quantitative estimate of drug-likeness (QED) is 0.804. The Kier molecular flexibility index (Phi) is 3.62. The van der Waals surface area contributed by atoms with Crippen LogP contribution in [-0.4, -0.2) is 29.1 Å². The molecule has 3 rings (SSSR count). The standard InChI is InChI=1S/C15H17N3O3/c1-9-4-11(6-12(19)5-9)18-15(20)13-14(21-8-17-13)10-2-3-16-7-10/h4-6,8,10,16,19H,2-3,7H2,1H3,(H,18,20). The van der Waals surface area contributed by atoms with Gasteiger partial charge in [-0.05, 0) is 37.6 Å². The molecule has 1 saturated heterocycles. The summed E-state index contributed by atoms with van der Waals surface area (Å²) in [6.45, 7) is 3.56. The number of aromatic nitrogens is 1. The smallest absolute Gasteiger partial charge is 0.277 e. The molecule has 1 aliphatic rings. The van der Waals surface area contributed by atoms with Crippen molar-refractivity contribution in [2.24, 2.45) is 0 Å². The van der Waals surface area contributed by atoms with Crippen LogP contribution in [0.1, 0.15) is 34.2 Å². The lowest BCUT2D eigenvalue weighted by molar-refractivity contribution is 0.102. The van der Waals surface area contributed by atoms with Gasteiger partial charge in [-0.1, -0.05) is 0 Å². The van der Waals surface area contributed by atoms with Crippen LogP contribution in [0.15, 0.2) is 29.0 Å². The average molecular weight is 287 g/mol. The first-order chi connectivity index (χ1) is 10.1. The highest BCUT2D eigenvalue weighted by Crippen LogP contribution is 2.26. The van der Waals surface area contributed by atoms with Crippen LogP contribution in [0.4, 0.5) is 5.69 Å². The summed E-state index contributed by atoms with van der Waals surface area (Å²) in [6.07, 6.45) is 2.23. The van der Waals surface area contributed by atoms with E-state index in [1.807, 2.05) is 6.92 Å². The number of phenolic OH excluding ortho intramolecular Hbond substituents is 1. The van der Waals surface area contributed by atoms with E-state index in [4.69, 9.17) is 4.42 Å². The number of carbonyl (C=O) groups is 1. The molecule has 0 saturated carbocycles. The number of rotatable bonds is 3. The first-order valence-corrected chi connectivity index (χ1v) is 6.89. The van der Waals surface area contributed by atoms with Gasteiger partial charge in [0, 0.05) is 24.2 Å². The molecule has 6 heteroatoms. The number of nitrogens with one attached hydrogen (secondary N) is 2. The minimum absolute atomic E-state index is 0.116. The number of aromatic hydroxyl groups is 1. The van der Waals surface area contributed by atoms with Crippen LogP contribution in [0, 0.1) is 6.92 Å². The van der Waals surface area contributed by atoms with Gasteiger partial charge in [-0.15, -0.1) is 0 Å². The maximum absolute atomic E-state index is 12.3. The van der Waals surface area contributed by atoms with Crippen LogP contribution in [0.3, 0.4) is 0 Å². The second-order valence-corrected chi connectivity index (χ2v) is 5.27. The van der Waals surface area contributed by atoms with Crippen LogP contribution >= 0.6 is 0 Å². The summed E-state index contributed by atoms with van der Waals surface area (Å²) < 4.78 is 5.39. The molecule has 1 aromatic carbocycles. The predicted molar refractivity (Wildman–Crippen MR) is 77.5 cm³/mol. The summed E-state index contributed by atoms with van der Waals surface area (Å²) in [6, 6.07) is 4.91. The summed E-state index contributed by atoms with van der Waals surface area (Å²) in [7, 11) is 0. The van der Waals surface area contributed by atoms with E-state index in [2.05, 4.69) is 15.6 Å². The second-order valence-electron chi connectivity index (χ2n) is 5.27. The number of anilines is 1. The van der Waals surface area contributed by atoms with Crippen LogP contribution in [0.25, 0.3) is 0 Å². The number of hydrogen-bond donors (Lipinski definition) is 3. The fourth-order valence-corrected chi connectivity index (χ4v) is 2.62. The Morgan fingerprint density at radius 3 is 3.05 bits per heavy atom. The molecule has 1 unspecified atom stereocenters. The van der Waals surface area contributed by atoms with Crippen LogP contribution < -0.4 is 10.6 Å². The molecule has 1 fully saturated rings. The molecular weight excluding hydrogens is 270 g/mol. The maximum atomic E-state index is 12.3. The van der Waals surface area contributed by atoms with Gasteiger partial charge in [0.15, 0.2) is 12.1 Å². The molecule has 110 valence electrons. The van der Waals surface area contributed by atoms with E-state index in [1.165, 1.54) is 12.5 Å². The minimum atomic E-state index is -0.323. The molecule has 1 aliphatic heterocycles. The SMILES string of the molecule is Cc1cc(O)cc(NC(=O)c2ncoc2C2CCNC2)c1. The van der Waals surface area contributed by atoms with E-state index < -0.39 is 0 Å². The lowest BCUT2D eigenvalue weighted by Crippen LogP contribution is -2.16.